The predicted molar refractivity (Wildman–Crippen MR) is 90.0 cm³/mol. The molecule has 0 aromatic heterocycles. The van der Waals surface area contributed by atoms with E-state index in [-0.39, 0.29) is 12.6 Å². The van der Waals surface area contributed by atoms with Gasteiger partial charge in [-0.3, -0.25) is 0 Å². The lowest BCUT2D eigenvalue weighted by atomic mass is 10.1. The summed E-state index contributed by atoms with van der Waals surface area (Å²) < 4.78 is 7.13. The minimum absolute atomic E-state index is 0.143. The van der Waals surface area contributed by atoms with Gasteiger partial charge in [0.05, 0.1) is 6.04 Å². The fourth-order valence-electron chi connectivity index (χ4n) is 1.87. The second-order valence-electron chi connectivity index (χ2n) is 4.59. The van der Waals surface area contributed by atoms with E-state index in [4.69, 9.17) is 4.74 Å². The monoisotopic (exact) mass is 411 g/mol. The molecule has 0 aliphatic carbocycles. The van der Waals surface area contributed by atoms with E-state index in [1.54, 1.807) is 0 Å². The minimum atomic E-state index is -0.429. The Morgan fingerprint density at radius 1 is 1.19 bits per heavy atom. The zero-order chi connectivity index (χ0) is 15.2. The Morgan fingerprint density at radius 2 is 1.90 bits per heavy atom. The lowest BCUT2D eigenvalue weighted by molar-refractivity contribution is 0.136. The van der Waals surface area contributed by atoms with Crippen LogP contribution in [0.4, 0.5) is 4.79 Å². The summed E-state index contributed by atoms with van der Waals surface area (Å²) in [6.07, 6.45) is -0.429. The molecule has 0 spiro atoms. The molecule has 0 heterocycles. The summed E-state index contributed by atoms with van der Waals surface area (Å²) in [5.41, 5.74) is 1.96. The molecule has 0 aliphatic heterocycles. The van der Waals surface area contributed by atoms with Gasteiger partial charge in [0.2, 0.25) is 0 Å². The summed E-state index contributed by atoms with van der Waals surface area (Å²) in [5, 5.41) is 2.82. The second kappa shape index (κ2) is 7.61. The molecule has 0 radical (unpaired) electrons. The number of nitrogens with one attached hydrogen (secondary N) is 1. The van der Waals surface area contributed by atoms with Crippen molar-refractivity contribution in [3.8, 4) is 0 Å². The van der Waals surface area contributed by atoms with Crippen molar-refractivity contribution in [2.45, 2.75) is 19.6 Å². The van der Waals surface area contributed by atoms with Gasteiger partial charge in [0.1, 0.15) is 6.61 Å². The van der Waals surface area contributed by atoms with Gasteiger partial charge in [-0.25, -0.2) is 4.79 Å². The Hall–Kier alpha value is -1.33. The summed E-state index contributed by atoms with van der Waals surface area (Å²) in [6.45, 7) is 2.18. The molecule has 110 valence electrons. The first-order valence-corrected chi connectivity index (χ1v) is 8.07. The Kier molecular flexibility index (Phi) is 5.82. The molecule has 1 atom stereocenters. The van der Waals surface area contributed by atoms with Crippen LogP contribution >= 0.6 is 31.9 Å². The van der Waals surface area contributed by atoms with Crippen molar-refractivity contribution >= 4 is 38.0 Å². The number of amides is 1. The number of carbonyl (C=O) groups is 1. The van der Waals surface area contributed by atoms with Gasteiger partial charge >= 0.3 is 6.09 Å². The zero-order valence-corrected chi connectivity index (χ0v) is 14.6. The number of halogens is 2. The van der Waals surface area contributed by atoms with Crippen molar-refractivity contribution in [1.29, 1.82) is 0 Å². The van der Waals surface area contributed by atoms with Crippen LogP contribution in [0.15, 0.2) is 57.5 Å². The van der Waals surface area contributed by atoms with Crippen molar-refractivity contribution in [3.05, 3.63) is 68.6 Å². The van der Waals surface area contributed by atoms with Crippen LogP contribution < -0.4 is 5.32 Å². The normalized spacial score (nSPS) is 11.8. The summed E-state index contributed by atoms with van der Waals surface area (Å²) in [7, 11) is 0. The molecular weight excluding hydrogens is 398 g/mol. The van der Waals surface area contributed by atoms with E-state index >= 15 is 0 Å². The van der Waals surface area contributed by atoms with Crippen molar-refractivity contribution < 1.29 is 9.53 Å². The molecule has 2 aromatic rings. The second-order valence-corrected chi connectivity index (χ2v) is 6.36. The molecule has 3 nitrogen and oxygen atoms in total. The van der Waals surface area contributed by atoms with Gasteiger partial charge in [0, 0.05) is 8.95 Å². The first kappa shape index (κ1) is 16.0. The maximum absolute atomic E-state index is 11.8. The zero-order valence-electron chi connectivity index (χ0n) is 11.5. The van der Waals surface area contributed by atoms with Crippen LogP contribution in [0.25, 0.3) is 0 Å². The highest BCUT2D eigenvalue weighted by atomic mass is 79.9. The van der Waals surface area contributed by atoms with Gasteiger partial charge in [0.25, 0.3) is 0 Å². The molecule has 0 fully saturated rings. The van der Waals surface area contributed by atoms with Gasteiger partial charge < -0.3 is 10.1 Å². The first-order valence-electron chi connectivity index (χ1n) is 6.48. The molecule has 1 N–H and O–H groups in total. The molecule has 0 saturated carbocycles. The Morgan fingerprint density at radius 3 is 2.57 bits per heavy atom. The number of hydrogen-bond donors (Lipinski definition) is 1. The highest BCUT2D eigenvalue weighted by molar-refractivity contribution is 9.11. The van der Waals surface area contributed by atoms with Gasteiger partial charge in [-0.05, 0) is 30.2 Å². The van der Waals surface area contributed by atoms with E-state index in [9.17, 15) is 4.79 Å². The third-order valence-corrected chi connectivity index (χ3v) is 4.16. The van der Waals surface area contributed by atoms with E-state index in [1.165, 1.54) is 0 Å². The standard InChI is InChI=1S/C16H15Br2NO2/c1-11(14-8-7-13(17)9-15(14)18)19-16(20)21-10-12-5-3-2-4-6-12/h2-9,11H,10H2,1H3,(H,19,20). The highest BCUT2D eigenvalue weighted by Gasteiger charge is 2.13. The number of ether oxygens (including phenoxy) is 1. The Bertz CT molecular complexity index is 617. The van der Waals surface area contributed by atoms with E-state index in [2.05, 4.69) is 37.2 Å². The van der Waals surface area contributed by atoms with Crippen molar-refractivity contribution in [3.63, 3.8) is 0 Å². The maximum atomic E-state index is 11.8. The Labute approximate surface area is 141 Å². The van der Waals surface area contributed by atoms with Gasteiger partial charge in [-0.15, -0.1) is 0 Å². The molecular formula is C16H15Br2NO2. The lowest BCUT2D eigenvalue weighted by Gasteiger charge is -2.16. The number of alkyl carbamates (subject to hydrolysis) is 1. The molecule has 1 amide bonds. The molecule has 21 heavy (non-hydrogen) atoms. The molecule has 2 aromatic carbocycles. The third-order valence-electron chi connectivity index (χ3n) is 2.98. The average molecular weight is 413 g/mol. The van der Waals surface area contributed by atoms with E-state index in [1.807, 2.05) is 55.5 Å². The number of rotatable bonds is 4. The molecule has 1 unspecified atom stereocenters. The summed E-state index contributed by atoms with van der Waals surface area (Å²) in [6, 6.07) is 15.3. The number of carbonyl (C=O) groups excluding carboxylic acids is 1. The highest BCUT2D eigenvalue weighted by Crippen LogP contribution is 2.26. The molecule has 2 rings (SSSR count). The van der Waals surface area contributed by atoms with Crippen LogP contribution in [0.3, 0.4) is 0 Å². The van der Waals surface area contributed by atoms with Crippen LogP contribution in [0.2, 0.25) is 0 Å². The molecule has 0 saturated heterocycles. The SMILES string of the molecule is CC(NC(=O)OCc1ccccc1)c1ccc(Br)cc1Br. The lowest BCUT2D eigenvalue weighted by Crippen LogP contribution is -2.27. The largest absolute Gasteiger partial charge is 0.445 e. The van der Waals surface area contributed by atoms with Crippen molar-refractivity contribution in [1.82, 2.24) is 5.32 Å². The minimum Gasteiger partial charge on any atom is -0.445 e. The molecule has 0 bridgehead atoms. The first-order chi connectivity index (χ1) is 10.1. The Balaban J connectivity index is 1.90. The van der Waals surface area contributed by atoms with Gasteiger partial charge in [0.15, 0.2) is 0 Å². The number of hydrogen-bond acceptors (Lipinski definition) is 2. The van der Waals surface area contributed by atoms with Crippen molar-refractivity contribution in [2.24, 2.45) is 0 Å². The topological polar surface area (TPSA) is 38.3 Å². The fourth-order valence-corrected chi connectivity index (χ4v) is 3.26. The summed E-state index contributed by atoms with van der Waals surface area (Å²) in [4.78, 5) is 11.8. The average Bonchev–Trinajstić information content (AvgIpc) is 2.46. The van der Waals surface area contributed by atoms with Crippen LogP contribution in [0, 0.1) is 0 Å². The maximum Gasteiger partial charge on any atom is 0.407 e. The predicted octanol–water partition coefficient (Wildman–Crippen LogP) is 5.20. The van der Waals surface area contributed by atoms with E-state index in [0.29, 0.717) is 0 Å². The fraction of sp³-hybridized carbons (Fsp3) is 0.188. The molecule has 5 heteroatoms. The van der Waals surface area contributed by atoms with Crippen molar-refractivity contribution in [2.75, 3.05) is 0 Å². The summed E-state index contributed by atoms with van der Waals surface area (Å²) in [5.74, 6) is 0. The third kappa shape index (κ3) is 4.86. The van der Waals surface area contributed by atoms with Gasteiger partial charge in [-0.1, -0.05) is 68.3 Å². The quantitative estimate of drug-likeness (QED) is 0.749. The van der Waals surface area contributed by atoms with Crippen LogP contribution in [-0.4, -0.2) is 6.09 Å². The van der Waals surface area contributed by atoms with Gasteiger partial charge in [-0.2, -0.15) is 0 Å². The van der Waals surface area contributed by atoms with E-state index < -0.39 is 6.09 Å². The summed E-state index contributed by atoms with van der Waals surface area (Å²) >= 11 is 6.90. The van der Waals surface area contributed by atoms with Crippen LogP contribution in [-0.2, 0) is 11.3 Å². The van der Waals surface area contributed by atoms with Crippen LogP contribution in [0.1, 0.15) is 24.1 Å². The smallest absolute Gasteiger partial charge is 0.407 e. The number of benzene rings is 2. The molecule has 0 aliphatic rings. The van der Waals surface area contributed by atoms with Crippen LogP contribution in [0.5, 0.6) is 0 Å². The van der Waals surface area contributed by atoms with E-state index in [0.717, 1.165) is 20.1 Å².